The number of thioether (sulfide) groups is 1. The van der Waals surface area contributed by atoms with Crippen molar-refractivity contribution < 1.29 is 9.63 Å². The Morgan fingerprint density at radius 1 is 1.71 bits per heavy atom. The molecule has 1 unspecified atom stereocenters. The highest BCUT2D eigenvalue weighted by atomic mass is 32.2. The van der Waals surface area contributed by atoms with Crippen LogP contribution < -0.4 is 5.73 Å². The fourth-order valence-corrected chi connectivity index (χ4v) is 2.58. The standard InChI is InChI=1S/C8H13N3O2S/c9-5(4-12)8-10-7(11-13-8)6-2-1-3-14-6/h5-6,12H,1-4,9H2/t5-,6?/m1/s1. The van der Waals surface area contributed by atoms with E-state index in [2.05, 4.69) is 10.1 Å². The lowest BCUT2D eigenvalue weighted by Crippen LogP contribution is -2.14. The summed E-state index contributed by atoms with van der Waals surface area (Å²) in [5.74, 6) is 2.20. The fourth-order valence-electron chi connectivity index (χ4n) is 1.39. The molecule has 2 heterocycles. The fraction of sp³-hybridized carbons (Fsp3) is 0.750. The van der Waals surface area contributed by atoms with Crippen LogP contribution in [0.25, 0.3) is 0 Å². The van der Waals surface area contributed by atoms with Crippen LogP contribution in [0, 0.1) is 0 Å². The Hall–Kier alpha value is -0.590. The minimum atomic E-state index is -0.553. The van der Waals surface area contributed by atoms with Crippen molar-refractivity contribution in [2.75, 3.05) is 12.4 Å². The predicted molar refractivity (Wildman–Crippen MR) is 52.7 cm³/mol. The van der Waals surface area contributed by atoms with Crippen molar-refractivity contribution in [3.8, 4) is 0 Å². The van der Waals surface area contributed by atoms with Crippen LogP contribution in [-0.2, 0) is 0 Å². The average molecular weight is 215 g/mol. The first kappa shape index (κ1) is 9.95. The van der Waals surface area contributed by atoms with Crippen LogP contribution in [-0.4, -0.2) is 27.6 Å². The number of hydrogen-bond acceptors (Lipinski definition) is 6. The van der Waals surface area contributed by atoms with Crippen molar-refractivity contribution in [1.29, 1.82) is 0 Å². The molecule has 0 spiro atoms. The van der Waals surface area contributed by atoms with E-state index in [9.17, 15) is 0 Å². The molecule has 0 amide bonds. The van der Waals surface area contributed by atoms with Gasteiger partial charge in [0.25, 0.3) is 0 Å². The van der Waals surface area contributed by atoms with Gasteiger partial charge in [0.2, 0.25) is 5.89 Å². The normalized spacial score (nSPS) is 24.0. The molecule has 1 aliphatic heterocycles. The number of nitrogens with zero attached hydrogens (tertiary/aromatic N) is 2. The van der Waals surface area contributed by atoms with Gasteiger partial charge in [-0.05, 0) is 18.6 Å². The lowest BCUT2D eigenvalue weighted by Gasteiger charge is -2.00. The number of aliphatic hydroxyl groups excluding tert-OH is 1. The third kappa shape index (κ3) is 1.92. The maximum absolute atomic E-state index is 8.80. The second-order valence-corrected chi connectivity index (χ2v) is 4.59. The van der Waals surface area contributed by atoms with Crippen molar-refractivity contribution in [3.05, 3.63) is 11.7 Å². The Morgan fingerprint density at radius 2 is 2.57 bits per heavy atom. The minimum Gasteiger partial charge on any atom is -0.394 e. The molecule has 0 bridgehead atoms. The zero-order valence-corrected chi connectivity index (χ0v) is 8.54. The maximum Gasteiger partial charge on any atom is 0.245 e. The molecule has 0 saturated carbocycles. The zero-order valence-electron chi connectivity index (χ0n) is 7.72. The van der Waals surface area contributed by atoms with Crippen LogP contribution in [0.1, 0.15) is 35.8 Å². The SMILES string of the molecule is N[C@H](CO)c1nc(C2CCCS2)no1. The summed E-state index contributed by atoms with van der Waals surface area (Å²) in [5, 5.41) is 13.0. The van der Waals surface area contributed by atoms with E-state index in [4.69, 9.17) is 15.4 Å². The van der Waals surface area contributed by atoms with E-state index < -0.39 is 6.04 Å². The molecule has 1 fully saturated rings. The molecule has 1 aliphatic rings. The summed E-state index contributed by atoms with van der Waals surface area (Å²) >= 11 is 1.84. The molecule has 0 radical (unpaired) electrons. The molecule has 3 N–H and O–H groups in total. The van der Waals surface area contributed by atoms with E-state index in [0.717, 1.165) is 12.2 Å². The van der Waals surface area contributed by atoms with E-state index in [1.807, 2.05) is 11.8 Å². The highest BCUT2D eigenvalue weighted by molar-refractivity contribution is 7.99. The highest BCUT2D eigenvalue weighted by Gasteiger charge is 2.24. The second kappa shape index (κ2) is 4.29. The highest BCUT2D eigenvalue weighted by Crippen LogP contribution is 2.38. The molecule has 78 valence electrons. The molecule has 1 saturated heterocycles. The molecule has 0 aliphatic carbocycles. The van der Waals surface area contributed by atoms with Crippen molar-refractivity contribution >= 4 is 11.8 Å². The quantitative estimate of drug-likeness (QED) is 0.769. The third-order valence-electron chi connectivity index (χ3n) is 2.19. The van der Waals surface area contributed by atoms with Crippen molar-refractivity contribution in [1.82, 2.24) is 10.1 Å². The van der Waals surface area contributed by atoms with Crippen LogP contribution in [0.3, 0.4) is 0 Å². The van der Waals surface area contributed by atoms with Gasteiger partial charge in [-0.2, -0.15) is 16.7 Å². The summed E-state index contributed by atoms with van der Waals surface area (Å²) < 4.78 is 4.97. The van der Waals surface area contributed by atoms with Crippen LogP contribution >= 0.6 is 11.8 Å². The first-order valence-corrected chi connectivity index (χ1v) is 5.67. The molecule has 2 atom stereocenters. The topological polar surface area (TPSA) is 85.2 Å². The van der Waals surface area contributed by atoms with Gasteiger partial charge >= 0.3 is 0 Å². The molecule has 0 aromatic carbocycles. The lowest BCUT2D eigenvalue weighted by molar-refractivity contribution is 0.236. The maximum atomic E-state index is 8.80. The van der Waals surface area contributed by atoms with Crippen LogP contribution in [0.2, 0.25) is 0 Å². The number of nitrogens with two attached hydrogens (primary N) is 1. The van der Waals surface area contributed by atoms with Gasteiger partial charge in [-0.15, -0.1) is 0 Å². The van der Waals surface area contributed by atoms with E-state index in [0.29, 0.717) is 17.0 Å². The predicted octanol–water partition coefficient (Wildman–Crippen LogP) is 0.630. The van der Waals surface area contributed by atoms with Gasteiger partial charge in [-0.1, -0.05) is 5.16 Å². The van der Waals surface area contributed by atoms with Crippen LogP contribution in [0.4, 0.5) is 0 Å². The molecule has 5 nitrogen and oxygen atoms in total. The summed E-state index contributed by atoms with van der Waals surface area (Å²) in [4.78, 5) is 4.18. The molecule has 1 aromatic rings. The molecular weight excluding hydrogens is 202 g/mol. The zero-order chi connectivity index (χ0) is 9.97. The summed E-state index contributed by atoms with van der Waals surface area (Å²) in [6, 6.07) is -0.553. The average Bonchev–Trinajstić information content (AvgIpc) is 2.86. The first-order chi connectivity index (χ1) is 6.81. The summed E-state index contributed by atoms with van der Waals surface area (Å²) in [7, 11) is 0. The third-order valence-corrected chi connectivity index (χ3v) is 3.56. The Kier molecular flexibility index (Phi) is 3.05. The van der Waals surface area contributed by atoms with Gasteiger partial charge < -0.3 is 15.4 Å². The molecule has 2 rings (SSSR count). The van der Waals surface area contributed by atoms with Crippen LogP contribution in [0.15, 0.2) is 4.52 Å². The van der Waals surface area contributed by atoms with Gasteiger partial charge in [-0.25, -0.2) is 0 Å². The second-order valence-electron chi connectivity index (χ2n) is 3.28. The number of rotatable bonds is 3. The van der Waals surface area contributed by atoms with Gasteiger partial charge in [-0.3, -0.25) is 0 Å². The first-order valence-electron chi connectivity index (χ1n) is 4.63. The van der Waals surface area contributed by atoms with E-state index in [-0.39, 0.29) is 6.61 Å². The Bertz CT molecular complexity index is 299. The Morgan fingerprint density at radius 3 is 3.21 bits per heavy atom. The summed E-state index contributed by atoms with van der Waals surface area (Å²) in [5.41, 5.74) is 5.55. The van der Waals surface area contributed by atoms with Crippen LogP contribution in [0.5, 0.6) is 0 Å². The molecule has 1 aromatic heterocycles. The Labute approximate surface area is 86.1 Å². The Balaban J connectivity index is 2.08. The largest absolute Gasteiger partial charge is 0.394 e. The number of hydrogen-bond donors (Lipinski definition) is 2. The van der Waals surface area contributed by atoms with Crippen molar-refractivity contribution in [2.24, 2.45) is 5.73 Å². The van der Waals surface area contributed by atoms with Gasteiger partial charge in [0.1, 0.15) is 6.04 Å². The van der Waals surface area contributed by atoms with E-state index in [1.54, 1.807) is 0 Å². The van der Waals surface area contributed by atoms with Gasteiger partial charge in [0.05, 0.1) is 11.9 Å². The monoisotopic (exact) mass is 215 g/mol. The molecular formula is C8H13N3O2S. The lowest BCUT2D eigenvalue weighted by atomic mass is 10.2. The smallest absolute Gasteiger partial charge is 0.245 e. The van der Waals surface area contributed by atoms with E-state index >= 15 is 0 Å². The number of aliphatic hydroxyl groups is 1. The number of aromatic nitrogens is 2. The summed E-state index contributed by atoms with van der Waals surface area (Å²) in [6.07, 6.45) is 2.29. The van der Waals surface area contributed by atoms with Gasteiger partial charge in [0, 0.05) is 0 Å². The van der Waals surface area contributed by atoms with Crippen molar-refractivity contribution in [3.63, 3.8) is 0 Å². The van der Waals surface area contributed by atoms with Crippen molar-refractivity contribution in [2.45, 2.75) is 24.1 Å². The molecule has 14 heavy (non-hydrogen) atoms. The minimum absolute atomic E-state index is 0.167. The summed E-state index contributed by atoms with van der Waals surface area (Å²) in [6.45, 7) is -0.167. The molecule has 6 heteroatoms. The van der Waals surface area contributed by atoms with Gasteiger partial charge in [0.15, 0.2) is 5.82 Å². The van der Waals surface area contributed by atoms with E-state index in [1.165, 1.54) is 6.42 Å².